The van der Waals surface area contributed by atoms with Crippen LogP contribution in [0.5, 0.6) is 11.5 Å². The zero-order chi connectivity index (χ0) is 28.3. The van der Waals surface area contributed by atoms with E-state index in [0.717, 1.165) is 16.7 Å². The number of carbonyl (C=O) groups excluding carboxylic acids is 1. The largest absolute Gasteiger partial charge is 0.489 e. The van der Waals surface area contributed by atoms with Gasteiger partial charge in [0.2, 0.25) is 5.43 Å². The average molecular weight is 552 g/mol. The highest BCUT2D eigenvalue weighted by atomic mass is 19.1. The maximum absolute atomic E-state index is 14.5. The van der Waals surface area contributed by atoms with Crippen molar-refractivity contribution >= 4 is 5.91 Å². The van der Waals surface area contributed by atoms with Crippen LogP contribution in [0.3, 0.4) is 0 Å². The molecule has 6 rings (SSSR count). The lowest BCUT2D eigenvalue weighted by molar-refractivity contribution is 0.0623. The molecule has 41 heavy (non-hydrogen) atoms. The number of nitrogens with zero attached hydrogens (tertiary/aromatic N) is 3. The molecule has 0 aliphatic carbocycles. The standard InChI is InChI=1S/C33H30FN3O4/c1-2-26-14-9-19-40-29-20-25(34)15-16-27(29)30(24-12-7-4-8-13-24)37-22-35(26)33(39)31-32(28(38)17-18-36(31)37)41-21-23-10-5-3-6-11-23/h3-18,20,26,30H,2,19,21-22H2,1H3/b14-9+/t26-,30+/m1/s1. The Hall–Kier alpha value is -4.85. The third-order valence-electron chi connectivity index (χ3n) is 7.49. The monoisotopic (exact) mass is 551 g/mol. The van der Waals surface area contributed by atoms with E-state index in [0.29, 0.717) is 12.2 Å². The quantitative estimate of drug-likeness (QED) is 0.310. The molecular formula is C33H30FN3O4. The van der Waals surface area contributed by atoms with E-state index in [1.807, 2.05) is 84.7 Å². The van der Waals surface area contributed by atoms with Crippen LogP contribution in [0.15, 0.2) is 108 Å². The van der Waals surface area contributed by atoms with Gasteiger partial charge in [-0.2, -0.15) is 0 Å². The minimum atomic E-state index is -0.485. The Kier molecular flexibility index (Phi) is 7.29. The molecule has 0 N–H and O–H groups in total. The molecule has 0 spiro atoms. The highest BCUT2D eigenvalue weighted by Crippen LogP contribution is 2.38. The second-order valence-electron chi connectivity index (χ2n) is 10.0. The zero-order valence-electron chi connectivity index (χ0n) is 22.7. The molecule has 0 radical (unpaired) electrons. The van der Waals surface area contributed by atoms with Gasteiger partial charge in [-0.3, -0.25) is 19.3 Å². The first-order chi connectivity index (χ1) is 20.0. The summed E-state index contributed by atoms with van der Waals surface area (Å²) in [5, 5.41) is 2.00. The molecule has 208 valence electrons. The van der Waals surface area contributed by atoms with Gasteiger partial charge in [-0.25, -0.2) is 4.39 Å². The van der Waals surface area contributed by atoms with E-state index in [1.165, 1.54) is 18.2 Å². The number of ether oxygens (including phenoxy) is 2. The molecule has 0 fully saturated rings. The SMILES string of the molecule is CC[C@@H]1/C=C/COc2cc(F)ccc2[C@H](c2ccccc2)N2CN1C(=O)c1c(OCc3ccccc3)c(=O)ccn12. The van der Waals surface area contributed by atoms with E-state index in [2.05, 4.69) is 0 Å². The third kappa shape index (κ3) is 5.09. The zero-order valence-corrected chi connectivity index (χ0v) is 22.7. The number of benzene rings is 3. The Bertz CT molecular complexity index is 1640. The molecule has 1 aromatic heterocycles. The molecule has 2 bridgehead atoms. The molecule has 8 heteroatoms. The summed E-state index contributed by atoms with van der Waals surface area (Å²) in [6, 6.07) is 24.5. The summed E-state index contributed by atoms with van der Waals surface area (Å²) >= 11 is 0. The van der Waals surface area contributed by atoms with Gasteiger partial charge >= 0.3 is 0 Å². The van der Waals surface area contributed by atoms with E-state index in [9.17, 15) is 14.0 Å². The predicted molar refractivity (Wildman–Crippen MR) is 154 cm³/mol. The van der Waals surface area contributed by atoms with Gasteiger partial charge in [0.15, 0.2) is 11.4 Å². The topological polar surface area (TPSA) is 64.0 Å². The number of amides is 1. The van der Waals surface area contributed by atoms with Gasteiger partial charge in [0.1, 0.15) is 37.5 Å². The van der Waals surface area contributed by atoms with Crippen molar-refractivity contribution in [2.45, 2.75) is 32.0 Å². The highest BCUT2D eigenvalue weighted by molar-refractivity contribution is 5.96. The normalized spacial score (nSPS) is 18.9. The number of aromatic nitrogens is 1. The van der Waals surface area contributed by atoms with Crippen molar-refractivity contribution in [3.8, 4) is 11.5 Å². The van der Waals surface area contributed by atoms with Crippen LogP contribution in [0, 0.1) is 5.82 Å². The van der Waals surface area contributed by atoms with Crippen LogP contribution in [0.4, 0.5) is 4.39 Å². The minimum Gasteiger partial charge on any atom is -0.489 e. The van der Waals surface area contributed by atoms with Crippen LogP contribution in [-0.4, -0.2) is 34.8 Å². The molecule has 0 saturated carbocycles. The summed E-state index contributed by atoms with van der Waals surface area (Å²) in [4.78, 5) is 29.2. The van der Waals surface area contributed by atoms with Gasteiger partial charge in [0, 0.05) is 23.9 Å². The molecule has 2 aliphatic rings. The number of rotatable bonds is 5. The Morgan fingerprint density at radius 2 is 1.73 bits per heavy atom. The molecule has 3 aromatic carbocycles. The van der Waals surface area contributed by atoms with Crippen molar-refractivity contribution in [3.63, 3.8) is 0 Å². The number of carbonyl (C=O) groups is 1. The van der Waals surface area contributed by atoms with Gasteiger partial charge < -0.3 is 14.4 Å². The van der Waals surface area contributed by atoms with Crippen molar-refractivity contribution in [2.24, 2.45) is 0 Å². The van der Waals surface area contributed by atoms with Gasteiger partial charge in [0.25, 0.3) is 5.91 Å². The molecule has 7 nitrogen and oxygen atoms in total. The molecular weight excluding hydrogens is 521 g/mol. The summed E-state index contributed by atoms with van der Waals surface area (Å²) in [6.45, 7) is 2.57. The number of hydrogen-bond donors (Lipinski definition) is 0. The predicted octanol–water partition coefficient (Wildman–Crippen LogP) is 5.43. The minimum absolute atomic E-state index is 0.00727. The Morgan fingerprint density at radius 3 is 2.49 bits per heavy atom. The van der Waals surface area contributed by atoms with Gasteiger partial charge in [0.05, 0.1) is 6.04 Å². The van der Waals surface area contributed by atoms with Crippen LogP contribution in [0.2, 0.25) is 0 Å². The first-order valence-corrected chi connectivity index (χ1v) is 13.7. The maximum atomic E-state index is 14.5. The Morgan fingerprint density at radius 1 is 0.976 bits per heavy atom. The summed E-state index contributed by atoms with van der Waals surface area (Å²) in [7, 11) is 0. The van der Waals surface area contributed by atoms with Crippen molar-refractivity contribution in [2.75, 3.05) is 18.3 Å². The van der Waals surface area contributed by atoms with Gasteiger partial charge in [-0.05, 0) is 35.8 Å². The molecule has 2 atom stereocenters. The molecule has 4 aromatic rings. The molecule has 0 unspecified atom stereocenters. The van der Waals surface area contributed by atoms with E-state index < -0.39 is 11.9 Å². The Labute approximate surface area is 237 Å². The molecule has 3 heterocycles. The van der Waals surface area contributed by atoms with Crippen LogP contribution in [-0.2, 0) is 6.61 Å². The van der Waals surface area contributed by atoms with E-state index in [4.69, 9.17) is 9.47 Å². The fraction of sp³-hybridized carbons (Fsp3) is 0.212. The van der Waals surface area contributed by atoms with E-state index in [1.54, 1.807) is 21.8 Å². The van der Waals surface area contributed by atoms with Crippen LogP contribution in [0.1, 0.15) is 46.6 Å². The first-order valence-electron chi connectivity index (χ1n) is 13.7. The maximum Gasteiger partial charge on any atom is 0.278 e. The summed E-state index contributed by atoms with van der Waals surface area (Å²) in [5.41, 5.74) is 2.29. The second-order valence-corrected chi connectivity index (χ2v) is 10.0. The van der Waals surface area contributed by atoms with Crippen molar-refractivity contribution < 1.29 is 18.7 Å². The average Bonchev–Trinajstić information content (AvgIpc) is 3.02. The van der Waals surface area contributed by atoms with Gasteiger partial charge in [-0.1, -0.05) is 73.7 Å². The van der Waals surface area contributed by atoms with Crippen LogP contribution < -0.4 is 19.9 Å². The number of hydrogen-bond acceptors (Lipinski definition) is 5. The van der Waals surface area contributed by atoms with Gasteiger partial charge in [-0.15, -0.1) is 0 Å². The van der Waals surface area contributed by atoms with E-state index in [-0.39, 0.29) is 48.7 Å². The highest BCUT2D eigenvalue weighted by Gasteiger charge is 2.40. The lowest BCUT2D eigenvalue weighted by atomic mass is 9.96. The molecule has 1 amide bonds. The molecule has 2 aliphatic heterocycles. The van der Waals surface area contributed by atoms with Crippen LogP contribution >= 0.6 is 0 Å². The number of halogens is 1. The molecule has 0 saturated heterocycles. The van der Waals surface area contributed by atoms with Crippen molar-refractivity contribution in [3.05, 3.63) is 142 Å². The lowest BCUT2D eigenvalue weighted by Gasteiger charge is -2.46. The Balaban J connectivity index is 1.58. The smallest absolute Gasteiger partial charge is 0.278 e. The number of fused-ring (bicyclic) bond motifs is 5. The van der Waals surface area contributed by atoms with E-state index >= 15 is 0 Å². The van der Waals surface area contributed by atoms with Crippen molar-refractivity contribution in [1.82, 2.24) is 9.58 Å². The third-order valence-corrected chi connectivity index (χ3v) is 7.49. The summed E-state index contributed by atoms with van der Waals surface area (Å²) in [6.07, 6.45) is 6.03. The van der Waals surface area contributed by atoms with Crippen molar-refractivity contribution in [1.29, 1.82) is 0 Å². The number of pyridine rings is 1. The fourth-order valence-corrected chi connectivity index (χ4v) is 5.49. The second kappa shape index (κ2) is 11.3. The van der Waals surface area contributed by atoms with Crippen LogP contribution in [0.25, 0.3) is 0 Å². The first kappa shape index (κ1) is 26.4. The summed E-state index contributed by atoms with van der Waals surface area (Å²) < 4.78 is 28.4. The lowest BCUT2D eigenvalue weighted by Crippen LogP contribution is -2.58. The fourth-order valence-electron chi connectivity index (χ4n) is 5.49. The summed E-state index contributed by atoms with van der Waals surface area (Å²) in [5.74, 6) is -0.307.